The number of rotatable bonds is 8. The number of hydrogen-bond donors (Lipinski definition) is 1. The third-order valence-corrected chi connectivity index (χ3v) is 5.94. The summed E-state index contributed by atoms with van der Waals surface area (Å²) in [4.78, 5) is 39.6. The van der Waals surface area contributed by atoms with Crippen LogP contribution in [-0.4, -0.2) is 36.5 Å². The smallest absolute Gasteiger partial charge is 0.308 e. The third kappa shape index (κ3) is 5.54. The molecule has 1 aliphatic heterocycles. The van der Waals surface area contributed by atoms with Crippen LogP contribution < -0.4 is 19.1 Å². The minimum atomic E-state index is -0.976. The Morgan fingerprint density at radius 1 is 0.947 bits per heavy atom. The van der Waals surface area contributed by atoms with E-state index in [1.807, 2.05) is 13.8 Å². The predicted molar refractivity (Wildman–Crippen MR) is 142 cm³/mol. The van der Waals surface area contributed by atoms with Gasteiger partial charge in [-0.3, -0.25) is 19.3 Å². The van der Waals surface area contributed by atoms with Crippen molar-refractivity contribution < 1.29 is 33.7 Å². The zero-order chi connectivity index (χ0) is 27.4. The van der Waals surface area contributed by atoms with E-state index in [0.717, 1.165) is 0 Å². The number of aliphatic hydroxyl groups excluding tert-OH is 1. The zero-order valence-corrected chi connectivity index (χ0v) is 21.6. The molecule has 4 rings (SSSR count). The van der Waals surface area contributed by atoms with E-state index in [0.29, 0.717) is 40.8 Å². The monoisotopic (exact) mass is 515 g/mol. The van der Waals surface area contributed by atoms with Gasteiger partial charge in [0, 0.05) is 18.2 Å². The number of amides is 1. The molecule has 0 saturated carbocycles. The summed E-state index contributed by atoms with van der Waals surface area (Å²) in [5, 5.41) is 11.3. The van der Waals surface area contributed by atoms with Gasteiger partial charge in [-0.2, -0.15) is 0 Å². The quantitative estimate of drug-likeness (QED) is 0.143. The molecule has 3 aromatic rings. The van der Waals surface area contributed by atoms with E-state index < -0.39 is 23.7 Å². The molecule has 1 atom stereocenters. The first-order chi connectivity index (χ1) is 18.2. The molecule has 8 nitrogen and oxygen atoms in total. The fourth-order valence-electron chi connectivity index (χ4n) is 4.20. The summed E-state index contributed by atoms with van der Waals surface area (Å²) in [7, 11) is 1.53. The number of ketones is 1. The van der Waals surface area contributed by atoms with Crippen LogP contribution >= 0.6 is 0 Å². The molecule has 196 valence electrons. The normalized spacial score (nSPS) is 16.6. The van der Waals surface area contributed by atoms with Crippen LogP contribution in [-0.2, 0) is 14.4 Å². The number of nitrogens with zero attached hydrogens (tertiary/aromatic N) is 1. The van der Waals surface area contributed by atoms with Crippen LogP contribution in [0.3, 0.4) is 0 Å². The van der Waals surface area contributed by atoms with Gasteiger partial charge in [0.25, 0.3) is 11.7 Å². The van der Waals surface area contributed by atoms with Crippen molar-refractivity contribution in [3.63, 3.8) is 0 Å². The fraction of sp³-hybridized carbons (Fsp3) is 0.233. The van der Waals surface area contributed by atoms with Gasteiger partial charge in [0.05, 0.1) is 25.3 Å². The summed E-state index contributed by atoms with van der Waals surface area (Å²) in [6.45, 7) is 5.90. The van der Waals surface area contributed by atoms with Gasteiger partial charge >= 0.3 is 5.97 Å². The highest BCUT2D eigenvalue weighted by Gasteiger charge is 2.47. The number of carbonyl (C=O) groups is 3. The minimum Gasteiger partial charge on any atom is -0.507 e. The van der Waals surface area contributed by atoms with Gasteiger partial charge in [-0.1, -0.05) is 26.0 Å². The van der Waals surface area contributed by atoms with Gasteiger partial charge in [0.1, 0.15) is 23.0 Å². The summed E-state index contributed by atoms with van der Waals surface area (Å²) in [5.41, 5.74) is 1.20. The predicted octanol–water partition coefficient (Wildman–Crippen LogP) is 5.28. The topological polar surface area (TPSA) is 102 Å². The first-order valence-corrected chi connectivity index (χ1v) is 12.2. The number of carbonyl (C=O) groups excluding carboxylic acids is 3. The van der Waals surface area contributed by atoms with Crippen LogP contribution in [0.4, 0.5) is 5.69 Å². The molecule has 1 N–H and O–H groups in total. The average molecular weight is 516 g/mol. The third-order valence-electron chi connectivity index (χ3n) is 5.94. The van der Waals surface area contributed by atoms with Crippen LogP contribution in [0, 0.1) is 5.92 Å². The van der Waals surface area contributed by atoms with Crippen molar-refractivity contribution in [2.75, 3.05) is 18.6 Å². The lowest BCUT2D eigenvalue weighted by atomic mass is 9.95. The van der Waals surface area contributed by atoms with E-state index in [-0.39, 0.29) is 17.1 Å². The Bertz CT molecular complexity index is 1370. The van der Waals surface area contributed by atoms with E-state index in [9.17, 15) is 19.5 Å². The van der Waals surface area contributed by atoms with Crippen LogP contribution in [0.15, 0.2) is 78.4 Å². The van der Waals surface area contributed by atoms with Gasteiger partial charge < -0.3 is 19.3 Å². The SMILES string of the molecule is COc1ccc(N2C(=O)C(=O)/C(=C(\O)c3ccc(OCC(C)C)cc3)C2c2cccc(OC(C)=O)c2)cc1. The summed E-state index contributed by atoms with van der Waals surface area (Å²) < 4.78 is 16.2. The van der Waals surface area contributed by atoms with E-state index in [1.54, 1.807) is 72.8 Å². The van der Waals surface area contributed by atoms with Crippen molar-refractivity contribution in [1.82, 2.24) is 0 Å². The van der Waals surface area contributed by atoms with Crippen molar-refractivity contribution in [3.05, 3.63) is 89.5 Å². The van der Waals surface area contributed by atoms with Gasteiger partial charge in [-0.05, 0) is 72.1 Å². The number of Topliss-reactive ketones (excluding diaryl/α,β-unsaturated/α-hetero) is 1. The molecule has 1 amide bonds. The van der Waals surface area contributed by atoms with Gasteiger partial charge in [-0.25, -0.2) is 0 Å². The van der Waals surface area contributed by atoms with E-state index >= 15 is 0 Å². The van der Waals surface area contributed by atoms with E-state index in [1.165, 1.54) is 18.9 Å². The summed E-state index contributed by atoms with van der Waals surface area (Å²) in [6.07, 6.45) is 0. The Morgan fingerprint density at radius 3 is 2.21 bits per heavy atom. The second kappa shape index (κ2) is 11.2. The van der Waals surface area contributed by atoms with Crippen molar-refractivity contribution in [2.45, 2.75) is 26.8 Å². The number of anilines is 1. The average Bonchev–Trinajstić information content (AvgIpc) is 3.17. The van der Waals surface area contributed by atoms with Gasteiger partial charge in [-0.15, -0.1) is 0 Å². The molecule has 8 heteroatoms. The zero-order valence-electron chi connectivity index (χ0n) is 21.6. The largest absolute Gasteiger partial charge is 0.507 e. The van der Waals surface area contributed by atoms with Crippen molar-refractivity contribution in [2.24, 2.45) is 5.92 Å². The molecule has 0 bridgehead atoms. The molecule has 0 aliphatic carbocycles. The number of esters is 1. The maximum Gasteiger partial charge on any atom is 0.308 e. The van der Waals surface area contributed by atoms with Crippen molar-refractivity contribution in [3.8, 4) is 17.2 Å². The van der Waals surface area contributed by atoms with Crippen LogP contribution in [0.25, 0.3) is 5.76 Å². The lowest BCUT2D eigenvalue weighted by Crippen LogP contribution is -2.29. The molecule has 1 unspecified atom stereocenters. The highest BCUT2D eigenvalue weighted by Crippen LogP contribution is 2.43. The van der Waals surface area contributed by atoms with E-state index in [4.69, 9.17) is 14.2 Å². The highest BCUT2D eigenvalue weighted by molar-refractivity contribution is 6.51. The summed E-state index contributed by atoms with van der Waals surface area (Å²) in [5.74, 6) is -0.651. The van der Waals surface area contributed by atoms with Gasteiger partial charge in [0.2, 0.25) is 0 Å². The fourth-order valence-corrected chi connectivity index (χ4v) is 4.20. The van der Waals surface area contributed by atoms with Gasteiger partial charge in [0.15, 0.2) is 0 Å². The Balaban J connectivity index is 1.83. The second-order valence-electron chi connectivity index (χ2n) is 9.26. The first kappa shape index (κ1) is 26.5. The number of hydrogen-bond acceptors (Lipinski definition) is 7. The highest BCUT2D eigenvalue weighted by atomic mass is 16.5. The molecule has 0 spiro atoms. The number of aliphatic hydroxyl groups is 1. The van der Waals surface area contributed by atoms with Crippen molar-refractivity contribution >= 4 is 29.1 Å². The lowest BCUT2D eigenvalue weighted by Gasteiger charge is -2.26. The molecule has 1 saturated heterocycles. The van der Waals surface area contributed by atoms with Crippen LogP contribution in [0.1, 0.15) is 37.9 Å². The number of ether oxygens (including phenoxy) is 3. The summed E-state index contributed by atoms with van der Waals surface area (Å²) >= 11 is 0. The maximum atomic E-state index is 13.4. The minimum absolute atomic E-state index is 0.0818. The molecule has 0 radical (unpaired) electrons. The first-order valence-electron chi connectivity index (χ1n) is 12.2. The molecule has 3 aromatic carbocycles. The Kier molecular flexibility index (Phi) is 7.81. The number of benzene rings is 3. The molecule has 1 fully saturated rings. The molecule has 1 heterocycles. The van der Waals surface area contributed by atoms with Crippen LogP contribution in [0.5, 0.6) is 17.2 Å². The standard InChI is InChI=1S/C30H29NO7/c1-18(2)17-37-24-12-8-20(9-13-24)28(33)26-27(21-6-5-7-25(16-21)38-19(3)32)31(30(35)29(26)34)22-10-14-23(36-4)15-11-22/h5-16,18,27,33H,17H2,1-4H3/b28-26-. The lowest BCUT2D eigenvalue weighted by molar-refractivity contribution is -0.132. The second-order valence-corrected chi connectivity index (χ2v) is 9.26. The molecule has 1 aliphatic rings. The Morgan fingerprint density at radius 2 is 1.61 bits per heavy atom. The molecule has 38 heavy (non-hydrogen) atoms. The maximum absolute atomic E-state index is 13.4. The molecule has 0 aromatic heterocycles. The Hall–Kier alpha value is -4.59. The summed E-state index contributed by atoms with van der Waals surface area (Å²) in [6, 6.07) is 18.9. The van der Waals surface area contributed by atoms with Crippen LogP contribution in [0.2, 0.25) is 0 Å². The van der Waals surface area contributed by atoms with E-state index in [2.05, 4.69) is 0 Å². The Labute approximate surface area is 221 Å². The van der Waals surface area contributed by atoms with Crippen molar-refractivity contribution in [1.29, 1.82) is 0 Å². The molecular formula is C30H29NO7. The number of methoxy groups -OCH3 is 1. The molecular weight excluding hydrogens is 486 g/mol.